The van der Waals surface area contributed by atoms with Gasteiger partial charge in [-0.1, -0.05) is 19.1 Å². The average Bonchev–Trinajstić information content (AvgIpc) is 2.35. The fourth-order valence-corrected chi connectivity index (χ4v) is 4.69. The molecule has 0 radical (unpaired) electrons. The maximum Gasteiger partial charge on any atom is 0.162 e. The Kier molecular flexibility index (Phi) is 4.67. The van der Waals surface area contributed by atoms with Crippen LogP contribution in [0.25, 0.3) is 0 Å². The molecule has 1 aliphatic rings. The van der Waals surface area contributed by atoms with E-state index in [4.69, 9.17) is 0 Å². The minimum absolute atomic E-state index is 0.0100. The van der Waals surface area contributed by atoms with Crippen LogP contribution in [0, 0.1) is 11.6 Å². The van der Waals surface area contributed by atoms with Gasteiger partial charge >= 0.3 is 0 Å². The first-order valence-corrected chi connectivity index (χ1v) is 7.88. The van der Waals surface area contributed by atoms with Crippen molar-refractivity contribution < 1.29 is 13.6 Å². The third-order valence-corrected chi connectivity index (χ3v) is 6.04. The van der Waals surface area contributed by atoms with E-state index in [1.165, 1.54) is 12.1 Å². The number of thioether (sulfide) groups is 2. The third kappa shape index (κ3) is 3.06. The lowest BCUT2D eigenvalue weighted by molar-refractivity contribution is -0.117. The Balaban J connectivity index is 2.09. The van der Waals surface area contributed by atoms with Crippen LogP contribution in [0.4, 0.5) is 8.78 Å². The Morgan fingerprint density at radius 2 is 2.06 bits per heavy atom. The molecule has 1 aromatic carbocycles. The number of rotatable bonds is 3. The van der Waals surface area contributed by atoms with Gasteiger partial charge in [0.25, 0.3) is 0 Å². The van der Waals surface area contributed by atoms with Crippen LogP contribution in [-0.2, 0) is 11.2 Å². The minimum Gasteiger partial charge on any atom is -0.298 e. The monoisotopic (exact) mass is 288 g/mol. The summed E-state index contributed by atoms with van der Waals surface area (Å²) in [5.74, 6) is 0.191. The number of benzene rings is 1. The van der Waals surface area contributed by atoms with E-state index < -0.39 is 11.6 Å². The first-order chi connectivity index (χ1) is 8.59. The third-order valence-electron chi connectivity index (χ3n) is 2.90. The molecule has 1 saturated heterocycles. The second-order valence-corrected chi connectivity index (χ2v) is 6.96. The fourth-order valence-electron chi connectivity index (χ4n) is 1.96. The summed E-state index contributed by atoms with van der Waals surface area (Å²) in [4.78, 5) is 12.1. The molecular formula is C13H14F2OS2. The van der Waals surface area contributed by atoms with E-state index in [1.807, 2.05) is 6.92 Å². The molecule has 0 aliphatic carbocycles. The molecule has 0 saturated carbocycles. The molecule has 0 spiro atoms. The molecule has 1 aromatic rings. The quantitative estimate of drug-likeness (QED) is 0.849. The van der Waals surface area contributed by atoms with Crippen molar-refractivity contribution in [2.24, 2.45) is 0 Å². The summed E-state index contributed by atoms with van der Waals surface area (Å²) >= 11 is 3.39. The van der Waals surface area contributed by atoms with Gasteiger partial charge in [-0.3, -0.25) is 4.79 Å². The van der Waals surface area contributed by atoms with Gasteiger partial charge < -0.3 is 0 Å². The molecule has 0 amide bonds. The number of carbonyl (C=O) groups is 1. The molecule has 1 aliphatic heterocycles. The lowest BCUT2D eigenvalue weighted by Crippen LogP contribution is -2.32. The summed E-state index contributed by atoms with van der Waals surface area (Å²) in [5.41, 5.74) is 0.156. The molecule has 1 nitrogen and oxygen atoms in total. The van der Waals surface area contributed by atoms with E-state index in [9.17, 15) is 13.6 Å². The van der Waals surface area contributed by atoms with Crippen molar-refractivity contribution in [2.45, 2.75) is 23.8 Å². The zero-order valence-corrected chi connectivity index (χ0v) is 11.6. The lowest BCUT2D eigenvalue weighted by atomic mass is 10.0. The summed E-state index contributed by atoms with van der Waals surface area (Å²) in [5, 5.41) is 0.138. The predicted octanol–water partition coefficient (Wildman–Crippen LogP) is 3.31. The number of halogens is 2. The summed E-state index contributed by atoms with van der Waals surface area (Å²) in [6, 6.07) is 3.98. The molecule has 98 valence electrons. The van der Waals surface area contributed by atoms with Crippen LogP contribution in [0.15, 0.2) is 18.2 Å². The maximum absolute atomic E-state index is 13.5. The number of carbonyl (C=O) groups excluding carboxylic acids is 1. The Morgan fingerprint density at radius 1 is 1.33 bits per heavy atom. The van der Waals surface area contributed by atoms with Crippen LogP contribution in [0.5, 0.6) is 0 Å². The summed E-state index contributed by atoms with van der Waals surface area (Å²) in [6.07, 6.45) is -0.0217. The molecule has 5 heteroatoms. The van der Waals surface area contributed by atoms with Crippen LogP contribution in [0.2, 0.25) is 0 Å². The number of Topliss-reactive ketones (excluding diaryl/α,β-unsaturated/α-hetero) is 1. The number of ketones is 1. The van der Waals surface area contributed by atoms with Crippen molar-refractivity contribution in [3.05, 3.63) is 35.4 Å². The van der Waals surface area contributed by atoms with Crippen LogP contribution in [0.3, 0.4) is 0 Å². The summed E-state index contributed by atoms with van der Waals surface area (Å²) < 4.78 is 26.5. The molecular weight excluding hydrogens is 274 g/mol. The second kappa shape index (κ2) is 6.06. The Morgan fingerprint density at radius 3 is 2.78 bits per heavy atom. The van der Waals surface area contributed by atoms with Gasteiger partial charge in [-0.2, -0.15) is 11.8 Å². The zero-order chi connectivity index (χ0) is 13.1. The van der Waals surface area contributed by atoms with E-state index in [-0.39, 0.29) is 28.3 Å². The van der Waals surface area contributed by atoms with Crippen molar-refractivity contribution in [3.8, 4) is 0 Å². The van der Waals surface area contributed by atoms with Gasteiger partial charge in [0.1, 0.15) is 0 Å². The highest BCUT2D eigenvalue weighted by Crippen LogP contribution is 2.32. The molecule has 18 heavy (non-hydrogen) atoms. The maximum atomic E-state index is 13.5. The molecule has 2 atom stereocenters. The van der Waals surface area contributed by atoms with Crippen molar-refractivity contribution in [2.75, 3.05) is 11.5 Å². The first-order valence-electron chi connectivity index (χ1n) is 5.78. The lowest BCUT2D eigenvalue weighted by Gasteiger charge is -2.26. The molecule has 1 heterocycles. The SMILES string of the molecule is CC1SCCSC1C(=O)Cc1cccc(F)c1F. The van der Waals surface area contributed by atoms with Crippen molar-refractivity contribution in [1.29, 1.82) is 0 Å². The molecule has 2 rings (SSSR count). The van der Waals surface area contributed by atoms with Gasteiger partial charge in [0.05, 0.1) is 5.25 Å². The normalized spacial score (nSPS) is 23.9. The Hall–Kier alpha value is -0.550. The zero-order valence-electron chi connectivity index (χ0n) is 9.99. The van der Waals surface area contributed by atoms with Crippen LogP contribution in [-0.4, -0.2) is 27.8 Å². The molecule has 0 N–H and O–H groups in total. The van der Waals surface area contributed by atoms with Crippen molar-refractivity contribution in [3.63, 3.8) is 0 Å². The Bertz CT molecular complexity index is 451. The van der Waals surface area contributed by atoms with Crippen LogP contribution >= 0.6 is 23.5 Å². The van der Waals surface area contributed by atoms with E-state index in [0.717, 1.165) is 17.6 Å². The van der Waals surface area contributed by atoms with Gasteiger partial charge in [-0.25, -0.2) is 8.78 Å². The van der Waals surface area contributed by atoms with Gasteiger partial charge in [0, 0.05) is 23.2 Å². The summed E-state index contributed by atoms with van der Waals surface area (Å²) in [7, 11) is 0. The standard InChI is InChI=1S/C13H14F2OS2/c1-8-13(18-6-5-17-8)11(16)7-9-3-2-4-10(14)12(9)15/h2-4,8,13H,5-7H2,1H3. The van der Waals surface area contributed by atoms with Gasteiger partial charge in [0.15, 0.2) is 17.4 Å². The topological polar surface area (TPSA) is 17.1 Å². The highest BCUT2D eigenvalue weighted by atomic mass is 32.2. The number of hydrogen-bond donors (Lipinski definition) is 0. The van der Waals surface area contributed by atoms with E-state index >= 15 is 0 Å². The highest BCUT2D eigenvalue weighted by Gasteiger charge is 2.29. The van der Waals surface area contributed by atoms with Crippen molar-refractivity contribution in [1.82, 2.24) is 0 Å². The fraction of sp³-hybridized carbons (Fsp3) is 0.462. The molecule has 0 bridgehead atoms. The predicted molar refractivity (Wildman–Crippen MR) is 73.2 cm³/mol. The Labute approximate surface area is 114 Å². The minimum atomic E-state index is -0.896. The van der Waals surface area contributed by atoms with E-state index in [0.29, 0.717) is 0 Å². The smallest absolute Gasteiger partial charge is 0.162 e. The number of hydrogen-bond acceptors (Lipinski definition) is 3. The van der Waals surface area contributed by atoms with E-state index in [2.05, 4.69) is 0 Å². The average molecular weight is 288 g/mol. The van der Waals surface area contributed by atoms with Gasteiger partial charge in [-0.15, -0.1) is 11.8 Å². The van der Waals surface area contributed by atoms with Gasteiger partial charge in [-0.05, 0) is 11.6 Å². The molecule has 1 fully saturated rings. The second-order valence-electron chi connectivity index (χ2n) is 4.22. The van der Waals surface area contributed by atoms with E-state index in [1.54, 1.807) is 23.5 Å². The molecule has 0 aromatic heterocycles. The van der Waals surface area contributed by atoms with Crippen LogP contribution in [0.1, 0.15) is 12.5 Å². The van der Waals surface area contributed by atoms with Crippen LogP contribution < -0.4 is 0 Å². The van der Waals surface area contributed by atoms with Gasteiger partial charge in [0.2, 0.25) is 0 Å². The largest absolute Gasteiger partial charge is 0.298 e. The molecule has 2 unspecified atom stereocenters. The highest BCUT2D eigenvalue weighted by molar-refractivity contribution is 8.07. The summed E-state index contributed by atoms with van der Waals surface area (Å²) in [6.45, 7) is 2.02. The first kappa shape index (κ1) is 13.9. The van der Waals surface area contributed by atoms with Crippen molar-refractivity contribution >= 4 is 29.3 Å².